The van der Waals surface area contributed by atoms with Crippen LogP contribution in [0, 0.1) is 12.3 Å². The number of hydrogen-bond donors (Lipinski definition) is 1. The van der Waals surface area contributed by atoms with Gasteiger partial charge in [0, 0.05) is 11.0 Å². The number of ketones is 1. The van der Waals surface area contributed by atoms with E-state index >= 15 is 0 Å². The zero-order valence-corrected chi connectivity index (χ0v) is 9.68. The normalized spacial score (nSPS) is 22.4. The van der Waals surface area contributed by atoms with Crippen molar-refractivity contribution < 1.29 is 4.79 Å². The molecule has 0 atom stereocenters. The summed E-state index contributed by atoms with van der Waals surface area (Å²) in [5, 5.41) is 3.35. The summed E-state index contributed by atoms with van der Waals surface area (Å²) in [6.07, 6.45) is 2.97. The molecule has 1 aliphatic carbocycles. The fourth-order valence-electron chi connectivity index (χ4n) is 3.16. The zero-order chi connectivity index (χ0) is 11.2. The molecular weight excluding hydrogens is 198 g/mol. The van der Waals surface area contributed by atoms with Crippen molar-refractivity contribution in [3.05, 3.63) is 34.9 Å². The van der Waals surface area contributed by atoms with Gasteiger partial charge in [-0.3, -0.25) is 4.79 Å². The van der Waals surface area contributed by atoms with E-state index in [4.69, 9.17) is 0 Å². The lowest BCUT2D eigenvalue weighted by Crippen LogP contribution is -2.40. The first-order valence-corrected chi connectivity index (χ1v) is 6.07. The van der Waals surface area contributed by atoms with Gasteiger partial charge >= 0.3 is 0 Å². The van der Waals surface area contributed by atoms with Crippen LogP contribution >= 0.6 is 0 Å². The number of piperidine rings is 1. The summed E-state index contributed by atoms with van der Waals surface area (Å²) in [6.45, 7) is 4.09. The largest absolute Gasteiger partial charge is 0.317 e. The topological polar surface area (TPSA) is 29.1 Å². The Morgan fingerprint density at radius 3 is 2.69 bits per heavy atom. The summed E-state index contributed by atoms with van der Waals surface area (Å²) in [7, 11) is 0. The Hall–Kier alpha value is -1.15. The summed E-state index contributed by atoms with van der Waals surface area (Å²) in [6, 6.07) is 6.12. The Bertz CT molecular complexity index is 444. The van der Waals surface area contributed by atoms with E-state index < -0.39 is 0 Å². The maximum absolute atomic E-state index is 12.5. The van der Waals surface area contributed by atoms with Crippen molar-refractivity contribution in [2.45, 2.75) is 26.2 Å². The van der Waals surface area contributed by atoms with E-state index in [-0.39, 0.29) is 5.41 Å². The van der Waals surface area contributed by atoms with Crippen molar-refractivity contribution in [3.8, 4) is 0 Å². The SMILES string of the molecule is Cc1cccc2c1CC1(CCNCC1)C2=O. The van der Waals surface area contributed by atoms with E-state index in [2.05, 4.69) is 18.3 Å². The van der Waals surface area contributed by atoms with Crippen LogP contribution in [-0.2, 0) is 6.42 Å². The Morgan fingerprint density at radius 1 is 1.25 bits per heavy atom. The quantitative estimate of drug-likeness (QED) is 0.718. The van der Waals surface area contributed by atoms with Gasteiger partial charge in [-0.15, -0.1) is 0 Å². The molecule has 16 heavy (non-hydrogen) atoms. The smallest absolute Gasteiger partial charge is 0.169 e. The molecule has 3 rings (SSSR count). The van der Waals surface area contributed by atoms with Gasteiger partial charge in [0.2, 0.25) is 0 Å². The minimum Gasteiger partial charge on any atom is -0.317 e. The maximum Gasteiger partial charge on any atom is 0.169 e. The number of rotatable bonds is 0. The number of carbonyl (C=O) groups is 1. The predicted octanol–water partition coefficient (Wildman–Crippen LogP) is 2.10. The average Bonchev–Trinajstić information content (AvgIpc) is 2.57. The number of hydrogen-bond acceptors (Lipinski definition) is 2. The molecule has 0 unspecified atom stereocenters. The Balaban J connectivity index is 2.05. The highest BCUT2D eigenvalue weighted by Gasteiger charge is 2.45. The van der Waals surface area contributed by atoms with Crippen molar-refractivity contribution in [2.75, 3.05) is 13.1 Å². The first kappa shape index (κ1) is 10.0. The van der Waals surface area contributed by atoms with Gasteiger partial charge < -0.3 is 5.32 Å². The maximum atomic E-state index is 12.5. The van der Waals surface area contributed by atoms with Crippen molar-refractivity contribution >= 4 is 5.78 Å². The minimum absolute atomic E-state index is 0.0697. The molecule has 0 saturated carbocycles. The van der Waals surface area contributed by atoms with Gasteiger partial charge in [-0.2, -0.15) is 0 Å². The summed E-state index contributed by atoms with van der Waals surface area (Å²) in [5.41, 5.74) is 3.50. The number of fused-ring (bicyclic) bond motifs is 1. The second-order valence-electron chi connectivity index (χ2n) is 5.14. The van der Waals surface area contributed by atoms with E-state index in [1.165, 1.54) is 11.1 Å². The molecule has 0 amide bonds. The molecule has 84 valence electrons. The highest BCUT2D eigenvalue weighted by atomic mass is 16.1. The van der Waals surface area contributed by atoms with Crippen molar-refractivity contribution in [1.29, 1.82) is 0 Å². The van der Waals surface area contributed by atoms with Gasteiger partial charge in [0.1, 0.15) is 0 Å². The molecule has 1 heterocycles. The lowest BCUT2D eigenvalue weighted by atomic mass is 9.75. The number of aryl methyl sites for hydroxylation is 1. The molecule has 1 spiro atoms. The van der Waals surface area contributed by atoms with E-state index in [9.17, 15) is 4.79 Å². The third-order valence-electron chi connectivity index (χ3n) is 4.21. The average molecular weight is 215 g/mol. The van der Waals surface area contributed by atoms with Gasteiger partial charge in [-0.25, -0.2) is 0 Å². The summed E-state index contributed by atoms with van der Waals surface area (Å²) >= 11 is 0. The van der Waals surface area contributed by atoms with Crippen LogP contribution in [-0.4, -0.2) is 18.9 Å². The highest BCUT2D eigenvalue weighted by Crippen LogP contribution is 2.44. The van der Waals surface area contributed by atoms with Gasteiger partial charge in [0.05, 0.1) is 0 Å². The van der Waals surface area contributed by atoms with Crippen LogP contribution in [0.2, 0.25) is 0 Å². The number of carbonyl (C=O) groups excluding carboxylic acids is 1. The lowest BCUT2D eigenvalue weighted by Gasteiger charge is -2.32. The molecule has 1 N–H and O–H groups in total. The Morgan fingerprint density at radius 2 is 2.00 bits per heavy atom. The molecule has 1 aromatic rings. The van der Waals surface area contributed by atoms with Crippen molar-refractivity contribution in [2.24, 2.45) is 5.41 Å². The summed E-state index contributed by atoms with van der Waals surface area (Å²) < 4.78 is 0. The second-order valence-corrected chi connectivity index (χ2v) is 5.14. The molecule has 1 fully saturated rings. The van der Waals surface area contributed by atoms with Crippen LogP contribution < -0.4 is 5.32 Å². The molecule has 2 aliphatic rings. The molecular formula is C14H17NO. The molecule has 2 nitrogen and oxygen atoms in total. The predicted molar refractivity (Wildman–Crippen MR) is 63.8 cm³/mol. The molecule has 1 aromatic carbocycles. The zero-order valence-electron chi connectivity index (χ0n) is 9.68. The molecule has 2 heteroatoms. The standard InChI is InChI=1S/C14H17NO/c1-10-3-2-4-11-12(10)9-14(13(11)16)5-7-15-8-6-14/h2-4,15H,5-9H2,1H3. The van der Waals surface area contributed by atoms with E-state index in [1.807, 2.05) is 12.1 Å². The Labute approximate surface area is 96.1 Å². The van der Waals surface area contributed by atoms with Crippen LogP contribution in [0.15, 0.2) is 18.2 Å². The third-order valence-corrected chi connectivity index (χ3v) is 4.21. The van der Waals surface area contributed by atoms with Gasteiger partial charge in [-0.1, -0.05) is 18.2 Å². The molecule has 0 radical (unpaired) electrons. The second kappa shape index (κ2) is 3.42. The van der Waals surface area contributed by atoms with E-state index in [1.54, 1.807) is 0 Å². The van der Waals surface area contributed by atoms with Gasteiger partial charge in [0.15, 0.2) is 5.78 Å². The molecule has 0 bridgehead atoms. The monoisotopic (exact) mass is 215 g/mol. The molecule has 0 aromatic heterocycles. The van der Waals surface area contributed by atoms with Gasteiger partial charge in [0.25, 0.3) is 0 Å². The van der Waals surface area contributed by atoms with Gasteiger partial charge in [-0.05, 0) is 50.4 Å². The first-order valence-electron chi connectivity index (χ1n) is 6.07. The van der Waals surface area contributed by atoms with Crippen molar-refractivity contribution in [1.82, 2.24) is 5.32 Å². The number of benzene rings is 1. The molecule has 1 aliphatic heterocycles. The fourth-order valence-corrected chi connectivity index (χ4v) is 3.16. The van der Waals surface area contributed by atoms with Crippen LogP contribution in [0.25, 0.3) is 0 Å². The van der Waals surface area contributed by atoms with Crippen molar-refractivity contribution in [3.63, 3.8) is 0 Å². The lowest BCUT2D eigenvalue weighted by molar-refractivity contribution is 0.0762. The first-order chi connectivity index (χ1) is 7.73. The van der Waals surface area contributed by atoms with Crippen LogP contribution in [0.5, 0.6) is 0 Å². The number of Topliss-reactive ketones (excluding diaryl/α,β-unsaturated/α-hetero) is 1. The Kier molecular flexibility index (Phi) is 2.15. The van der Waals surface area contributed by atoms with Crippen LogP contribution in [0.1, 0.15) is 34.3 Å². The molecule has 1 saturated heterocycles. The van der Waals surface area contributed by atoms with Crippen LogP contribution in [0.4, 0.5) is 0 Å². The van der Waals surface area contributed by atoms with Crippen LogP contribution in [0.3, 0.4) is 0 Å². The fraction of sp³-hybridized carbons (Fsp3) is 0.500. The highest BCUT2D eigenvalue weighted by molar-refractivity contribution is 6.05. The summed E-state index contributed by atoms with van der Waals surface area (Å²) in [5.74, 6) is 0.396. The van der Waals surface area contributed by atoms with E-state index in [0.29, 0.717) is 5.78 Å². The third kappa shape index (κ3) is 1.26. The van der Waals surface area contributed by atoms with E-state index in [0.717, 1.165) is 37.9 Å². The summed E-state index contributed by atoms with van der Waals surface area (Å²) in [4.78, 5) is 12.5. The minimum atomic E-state index is -0.0697. The number of nitrogens with one attached hydrogen (secondary N) is 1.